The van der Waals surface area contributed by atoms with Crippen molar-refractivity contribution in [3.8, 4) is 33.8 Å². The number of rotatable bonds is 4. The van der Waals surface area contributed by atoms with Crippen LogP contribution in [0.1, 0.15) is 0 Å². The summed E-state index contributed by atoms with van der Waals surface area (Å²) >= 11 is 0. The summed E-state index contributed by atoms with van der Waals surface area (Å²) in [5.74, 6) is 0. The predicted octanol–water partition coefficient (Wildman–Crippen LogP) is 14.8. The van der Waals surface area contributed by atoms with Crippen LogP contribution in [0, 0.1) is 0 Å². The number of fused-ring (bicyclic) bond motifs is 12. The Bertz CT molecular complexity index is 3620. The molecule has 13 rings (SSSR count). The maximum atomic E-state index is 6.73. The molecule has 0 unspecified atom stereocenters. The quantitative estimate of drug-likeness (QED) is 0.168. The van der Waals surface area contributed by atoms with E-state index in [0.717, 1.165) is 66.6 Å². The Morgan fingerprint density at radius 2 is 0.847 bits per heavy atom. The summed E-state index contributed by atoms with van der Waals surface area (Å²) in [6, 6.07) is 72.1. The van der Waals surface area contributed by atoms with Gasteiger partial charge in [0.15, 0.2) is 5.58 Å². The molecule has 0 N–H and O–H groups in total. The van der Waals surface area contributed by atoms with E-state index in [4.69, 9.17) is 9.40 Å². The van der Waals surface area contributed by atoms with E-state index in [-0.39, 0.29) is 0 Å². The van der Waals surface area contributed by atoms with Crippen LogP contribution in [-0.2, 0) is 0 Å². The van der Waals surface area contributed by atoms with Gasteiger partial charge in [0.2, 0.25) is 0 Å². The van der Waals surface area contributed by atoms with Gasteiger partial charge in [0.1, 0.15) is 11.3 Å². The van der Waals surface area contributed by atoms with Crippen molar-refractivity contribution >= 4 is 87.2 Å². The van der Waals surface area contributed by atoms with Crippen LogP contribution in [0.25, 0.3) is 121 Å². The van der Waals surface area contributed by atoms with Gasteiger partial charge in [-0.2, -0.15) is 0 Å². The smallest absolute Gasteiger partial charge is 0.162 e. The number of pyridine rings is 1. The molecule has 0 fully saturated rings. The summed E-state index contributed by atoms with van der Waals surface area (Å²) in [5, 5.41) is 10.6. The molecule has 4 heterocycles. The van der Waals surface area contributed by atoms with Crippen LogP contribution in [0.2, 0.25) is 0 Å². The zero-order valence-electron chi connectivity index (χ0n) is 31.8. The first kappa shape index (κ1) is 32.2. The summed E-state index contributed by atoms with van der Waals surface area (Å²) in [4.78, 5) is 5.40. The maximum absolute atomic E-state index is 6.73. The van der Waals surface area contributed by atoms with E-state index in [0.29, 0.717) is 0 Å². The molecule has 13 aromatic rings. The Kier molecular flexibility index (Phi) is 6.69. The second-order valence-corrected chi connectivity index (χ2v) is 15.5. The molecular formula is C55H33N3O. The van der Waals surface area contributed by atoms with Crippen LogP contribution in [0.4, 0.5) is 0 Å². The van der Waals surface area contributed by atoms with Crippen molar-refractivity contribution in [3.05, 3.63) is 200 Å². The highest BCUT2D eigenvalue weighted by Gasteiger charge is 2.21. The largest absolute Gasteiger partial charge is 0.454 e. The zero-order valence-corrected chi connectivity index (χ0v) is 31.8. The molecule has 0 radical (unpaired) electrons. The SMILES string of the molecule is c1cc(-c2cc(-n3c4ccccc4c4ccccc43)cc(-n3c4ccccc4c4ccccc43)c2)cc(-c2nc3cc4ccccc4cc3c3c2oc2ccccc23)c1. The molecule has 4 nitrogen and oxygen atoms in total. The highest BCUT2D eigenvalue weighted by atomic mass is 16.3. The Hall–Kier alpha value is -7.95. The topological polar surface area (TPSA) is 35.9 Å². The van der Waals surface area contributed by atoms with E-state index in [2.05, 4.69) is 203 Å². The molecule has 9 aromatic carbocycles. The molecule has 0 atom stereocenters. The Labute approximate surface area is 338 Å². The molecule has 0 saturated carbocycles. The highest BCUT2D eigenvalue weighted by molar-refractivity contribution is 6.22. The Balaban J connectivity index is 1.09. The lowest BCUT2D eigenvalue weighted by molar-refractivity contribution is 0.669. The normalized spacial score (nSPS) is 12.1. The molecular weight excluding hydrogens is 719 g/mol. The molecule has 59 heavy (non-hydrogen) atoms. The molecule has 0 spiro atoms. The minimum absolute atomic E-state index is 0.802. The highest BCUT2D eigenvalue weighted by Crippen LogP contribution is 2.42. The van der Waals surface area contributed by atoms with E-state index in [1.807, 2.05) is 6.07 Å². The van der Waals surface area contributed by atoms with Gasteiger partial charge in [-0.1, -0.05) is 133 Å². The molecule has 0 aliphatic rings. The number of hydrogen-bond acceptors (Lipinski definition) is 2. The van der Waals surface area contributed by atoms with E-state index in [1.54, 1.807) is 0 Å². The molecule has 4 aromatic heterocycles. The van der Waals surface area contributed by atoms with Crippen molar-refractivity contribution < 1.29 is 4.42 Å². The van der Waals surface area contributed by atoms with Crippen molar-refractivity contribution in [2.24, 2.45) is 0 Å². The van der Waals surface area contributed by atoms with Crippen molar-refractivity contribution in [1.82, 2.24) is 14.1 Å². The summed E-state index contributed by atoms with van der Waals surface area (Å²) in [6.07, 6.45) is 0. The molecule has 274 valence electrons. The Morgan fingerprint density at radius 1 is 0.356 bits per heavy atom. The maximum Gasteiger partial charge on any atom is 0.162 e. The lowest BCUT2D eigenvalue weighted by atomic mass is 9.97. The fourth-order valence-corrected chi connectivity index (χ4v) is 9.63. The molecule has 4 heteroatoms. The molecule has 0 saturated heterocycles. The second-order valence-electron chi connectivity index (χ2n) is 15.5. The molecule has 0 aliphatic carbocycles. The molecule has 0 aliphatic heterocycles. The van der Waals surface area contributed by atoms with Crippen molar-refractivity contribution in [2.45, 2.75) is 0 Å². The van der Waals surface area contributed by atoms with E-state index in [1.165, 1.54) is 54.4 Å². The average molecular weight is 752 g/mol. The first-order chi connectivity index (χ1) is 29.2. The zero-order chi connectivity index (χ0) is 38.6. The van der Waals surface area contributed by atoms with Gasteiger partial charge in [-0.3, -0.25) is 0 Å². The van der Waals surface area contributed by atoms with Crippen LogP contribution >= 0.6 is 0 Å². The first-order valence-corrected chi connectivity index (χ1v) is 20.1. The number of furan rings is 1. The van der Waals surface area contributed by atoms with Crippen molar-refractivity contribution in [2.75, 3.05) is 0 Å². The van der Waals surface area contributed by atoms with Gasteiger partial charge in [-0.25, -0.2) is 4.98 Å². The lowest BCUT2D eigenvalue weighted by Crippen LogP contribution is -2.00. The second kappa shape index (κ2) is 12.3. The fraction of sp³-hybridized carbons (Fsp3) is 0. The minimum atomic E-state index is 0.802. The van der Waals surface area contributed by atoms with Gasteiger partial charge in [0.25, 0.3) is 0 Å². The van der Waals surface area contributed by atoms with Gasteiger partial charge in [-0.15, -0.1) is 0 Å². The summed E-state index contributed by atoms with van der Waals surface area (Å²) in [7, 11) is 0. The van der Waals surface area contributed by atoms with Crippen LogP contribution in [-0.4, -0.2) is 14.1 Å². The van der Waals surface area contributed by atoms with Crippen LogP contribution in [0.5, 0.6) is 0 Å². The fourth-order valence-electron chi connectivity index (χ4n) is 9.63. The van der Waals surface area contributed by atoms with Gasteiger partial charge < -0.3 is 13.6 Å². The number of benzene rings is 9. The number of nitrogens with zero attached hydrogens (tertiary/aromatic N) is 3. The molecule has 0 bridgehead atoms. The predicted molar refractivity (Wildman–Crippen MR) is 246 cm³/mol. The lowest BCUT2D eigenvalue weighted by Gasteiger charge is -2.16. The van der Waals surface area contributed by atoms with Crippen LogP contribution in [0.3, 0.4) is 0 Å². The van der Waals surface area contributed by atoms with Gasteiger partial charge in [0.05, 0.1) is 27.6 Å². The Morgan fingerprint density at radius 3 is 1.44 bits per heavy atom. The van der Waals surface area contributed by atoms with Crippen molar-refractivity contribution in [1.29, 1.82) is 0 Å². The monoisotopic (exact) mass is 751 g/mol. The summed E-state index contributed by atoms with van der Waals surface area (Å²) in [6.45, 7) is 0. The summed E-state index contributed by atoms with van der Waals surface area (Å²) < 4.78 is 11.6. The standard InChI is InChI=1S/C55H33N3O/c1-2-15-36-32-47-46(31-35(36)14-1)53-45-22-7-12-27-52(45)59-55(53)54(56-47)37-17-13-16-34(28-37)38-29-39(57-48-23-8-3-18-41(48)42-19-4-9-24-49(42)57)33-40(30-38)58-50-25-10-5-20-43(50)44-21-6-11-26-51(44)58/h1-33H. The number of aromatic nitrogens is 3. The number of hydrogen-bond donors (Lipinski definition) is 0. The van der Waals surface area contributed by atoms with Gasteiger partial charge in [0, 0.05) is 54.6 Å². The van der Waals surface area contributed by atoms with Crippen LogP contribution in [0.15, 0.2) is 205 Å². The van der Waals surface area contributed by atoms with Gasteiger partial charge in [-0.05, 0) is 88.6 Å². The first-order valence-electron chi connectivity index (χ1n) is 20.1. The van der Waals surface area contributed by atoms with E-state index in [9.17, 15) is 0 Å². The summed E-state index contributed by atoms with van der Waals surface area (Å²) in [5.41, 5.74) is 13.5. The number of para-hydroxylation sites is 5. The minimum Gasteiger partial charge on any atom is -0.454 e. The molecule has 0 amide bonds. The van der Waals surface area contributed by atoms with Crippen LogP contribution < -0.4 is 0 Å². The van der Waals surface area contributed by atoms with Gasteiger partial charge >= 0.3 is 0 Å². The van der Waals surface area contributed by atoms with E-state index < -0.39 is 0 Å². The van der Waals surface area contributed by atoms with E-state index >= 15 is 0 Å². The third-order valence-electron chi connectivity index (χ3n) is 12.2. The van der Waals surface area contributed by atoms with Crippen molar-refractivity contribution in [3.63, 3.8) is 0 Å². The third kappa shape index (κ3) is 4.75. The third-order valence-corrected chi connectivity index (χ3v) is 12.2. The average Bonchev–Trinajstić information content (AvgIpc) is 3.96.